The molecule has 1 aliphatic rings. The number of hydrogen-bond acceptors (Lipinski definition) is 9. The molecule has 1 heterocycles. The molecule has 3 atom stereocenters. The Hall–Kier alpha value is -1.58. The van der Waals surface area contributed by atoms with Gasteiger partial charge < -0.3 is 35.1 Å². The molecule has 244 valence electrons. The number of Topliss-reactive ketones (excluding diaryl/α,β-unsaturated/α-hetero) is 1. The summed E-state index contributed by atoms with van der Waals surface area (Å²) in [5.41, 5.74) is 6.82. The molecule has 0 bridgehead atoms. The second-order valence-electron chi connectivity index (χ2n) is 10.7. The van der Waals surface area contributed by atoms with Crippen LogP contribution in [0, 0.1) is 5.92 Å². The Morgan fingerprint density at radius 1 is 1.09 bits per heavy atom. The van der Waals surface area contributed by atoms with Gasteiger partial charge in [0.2, 0.25) is 10.0 Å². The van der Waals surface area contributed by atoms with Gasteiger partial charge in [0, 0.05) is 25.2 Å². The van der Waals surface area contributed by atoms with Crippen LogP contribution in [0.4, 0.5) is 10.5 Å². The predicted molar refractivity (Wildman–Crippen MR) is 169 cm³/mol. The van der Waals surface area contributed by atoms with E-state index in [2.05, 4.69) is 5.32 Å². The first-order valence-electron chi connectivity index (χ1n) is 13.7. The molecule has 13 nitrogen and oxygen atoms in total. The molecule has 1 saturated heterocycles. The number of ketones is 1. The number of carbonyl (C=O) groups excluding carboxylic acids is 2. The molecule has 0 spiro atoms. The van der Waals surface area contributed by atoms with Crippen molar-refractivity contribution >= 4 is 73.1 Å². The Balaban J connectivity index is 0.00000182. The molecule has 1 aliphatic heterocycles. The Labute approximate surface area is 289 Å². The summed E-state index contributed by atoms with van der Waals surface area (Å²) < 4.78 is 56.2. The van der Waals surface area contributed by atoms with Gasteiger partial charge in [-0.05, 0) is 56.0 Å². The number of phosphoric acid groups is 1. The van der Waals surface area contributed by atoms with Crippen molar-refractivity contribution in [2.75, 3.05) is 32.0 Å². The van der Waals surface area contributed by atoms with Crippen LogP contribution in [0.25, 0.3) is 0 Å². The molecule has 1 amide bonds. The molecule has 0 aliphatic carbocycles. The van der Waals surface area contributed by atoms with Gasteiger partial charge in [0.25, 0.3) is 0 Å². The number of nitrogens with one attached hydrogen (secondary N) is 1. The summed E-state index contributed by atoms with van der Waals surface area (Å²) in [6.45, 7) is 6.93. The molecule has 0 unspecified atom stereocenters. The maximum absolute atomic E-state index is 13.6. The topological polar surface area (TPSA) is 195 Å². The van der Waals surface area contributed by atoms with Crippen molar-refractivity contribution in [1.82, 2.24) is 9.62 Å². The third-order valence-corrected chi connectivity index (χ3v) is 8.35. The molecule has 16 heteroatoms. The van der Waals surface area contributed by atoms with Gasteiger partial charge >= 0.3 is 51.7 Å². The van der Waals surface area contributed by atoms with E-state index in [1.807, 2.05) is 13.8 Å². The SMILES string of the molecule is CC(C)=O.CC(C)CN(C[C@@H](OP(=O)(O)O)[C@H](Cc1ccccc1)NC(=O)O[C@H]1CCOC1)S(=O)(=O)c1ccc(N)cc1.[CaH2]. The molecular formula is C28H44CaN3O10PS. The van der Waals surface area contributed by atoms with E-state index in [1.54, 1.807) is 30.3 Å². The molecule has 44 heavy (non-hydrogen) atoms. The molecule has 3 rings (SSSR count). The van der Waals surface area contributed by atoms with Gasteiger partial charge in [-0.1, -0.05) is 44.2 Å². The minimum atomic E-state index is -5.12. The fourth-order valence-corrected chi connectivity index (χ4v) is 6.35. The molecule has 5 N–H and O–H groups in total. The van der Waals surface area contributed by atoms with Gasteiger partial charge in [-0.3, -0.25) is 4.52 Å². The van der Waals surface area contributed by atoms with Gasteiger partial charge in [-0.2, -0.15) is 4.31 Å². The second kappa shape index (κ2) is 19.2. The fourth-order valence-electron chi connectivity index (χ4n) is 4.16. The van der Waals surface area contributed by atoms with Crippen LogP contribution < -0.4 is 11.1 Å². The third kappa shape index (κ3) is 15.1. The number of nitrogen functional groups attached to an aromatic ring is 1. The first kappa shape index (κ1) is 40.4. The van der Waals surface area contributed by atoms with Crippen LogP contribution in [0.15, 0.2) is 59.5 Å². The van der Waals surface area contributed by atoms with Crippen molar-refractivity contribution in [2.24, 2.45) is 5.92 Å². The molecule has 2 aromatic carbocycles. The zero-order valence-electron chi connectivity index (χ0n) is 24.8. The predicted octanol–water partition coefficient (Wildman–Crippen LogP) is 2.20. The second-order valence-corrected chi connectivity index (χ2v) is 13.8. The van der Waals surface area contributed by atoms with Gasteiger partial charge in [0.05, 0.1) is 24.2 Å². The Morgan fingerprint density at radius 2 is 1.68 bits per heavy atom. The average molecular weight is 686 g/mol. The van der Waals surface area contributed by atoms with Gasteiger partial charge in [0.1, 0.15) is 18.0 Å². The maximum atomic E-state index is 13.6. The molecule has 1 fully saturated rings. The van der Waals surface area contributed by atoms with Crippen molar-refractivity contribution in [3.63, 3.8) is 0 Å². The van der Waals surface area contributed by atoms with E-state index >= 15 is 0 Å². The summed E-state index contributed by atoms with van der Waals surface area (Å²) in [5, 5.41) is 2.65. The first-order valence-corrected chi connectivity index (χ1v) is 16.7. The number of nitrogens with two attached hydrogens (primary N) is 1. The van der Waals surface area contributed by atoms with Crippen LogP contribution in [-0.2, 0) is 39.8 Å². The zero-order chi connectivity index (χ0) is 32.2. The number of nitrogens with zero attached hydrogens (tertiary/aromatic N) is 1. The monoisotopic (exact) mass is 685 g/mol. The third-order valence-electron chi connectivity index (χ3n) is 5.96. The van der Waals surface area contributed by atoms with E-state index in [1.165, 1.54) is 38.1 Å². The molecule has 0 radical (unpaired) electrons. The number of ether oxygens (including phenoxy) is 2. The van der Waals surface area contributed by atoms with Crippen LogP contribution in [-0.4, -0.2) is 117 Å². The van der Waals surface area contributed by atoms with Gasteiger partial charge in [-0.25, -0.2) is 17.8 Å². The number of sulfonamides is 1. The standard InChI is InChI=1S/C25H36N3O9PS.C3H6O.Ca.2H/c1-18(2)15-28(39(33,34)22-10-8-20(26)9-11-22)16-24(37-38(30,31)32)23(14-19-6-4-3-5-7-19)27-25(29)36-21-12-13-35-17-21;1-3(2)4;;;/h3-11,18,21,23-24H,12-17,26H2,1-2H3,(H,27,29)(H2,30,31,32);1-2H3;;;/t21-,23-,24+;;;;/m0..../s1. The summed E-state index contributed by atoms with van der Waals surface area (Å²) >= 11 is 0. The minimum absolute atomic E-state index is 0. The summed E-state index contributed by atoms with van der Waals surface area (Å²) in [6, 6.07) is 13.5. The van der Waals surface area contributed by atoms with Crippen molar-refractivity contribution in [3.05, 3.63) is 60.2 Å². The summed E-state index contributed by atoms with van der Waals surface area (Å²) in [5.74, 6) is 0.0251. The van der Waals surface area contributed by atoms with Crippen LogP contribution in [0.3, 0.4) is 0 Å². The zero-order valence-corrected chi connectivity index (χ0v) is 26.5. The van der Waals surface area contributed by atoms with Crippen LogP contribution >= 0.6 is 7.82 Å². The number of benzene rings is 2. The number of amides is 1. The normalized spacial score (nSPS) is 16.3. The molecule has 0 saturated carbocycles. The van der Waals surface area contributed by atoms with E-state index in [0.29, 0.717) is 18.7 Å². The van der Waals surface area contributed by atoms with Crippen LogP contribution in [0.5, 0.6) is 0 Å². The van der Waals surface area contributed by atoms with Crippen molar-refractivity contribution in [2.45, 2.75) is 63.7 Å². The van der Waals surface area contributed by atoms with E-state index in [4.69, 9.17) is 19.7 Å². The Bertz CT molecular complexity index is 1320. The van der Waals surface area contributed by atoms with Crippen LogP contribution in [0.2, 0.25) is 0 Å². The van der Waals surface area contributed by atoms with Crippen molar-refractivity contribution < 1.29 is 46.4 Å². The fraction of sp³-hybridized carbons (Fsp3) is 0.500. The van der Waals surface area contributed by atoms with E-state index in [-0.39, 0.29) is 73.9 Å². The molecular weight excluding hydrogens is 641 g/mol. The Kier molecular flexibility index (Phi) is 17.6. The number of rotatable bonds is 13. The van der Waals surface area contributed by atoms with Crippen LogP contribution in [0.1, 0.15) is 39.7 Å². The average Bonchev–Trinajstić information content (AvgIpc) is 3.40. The number of phosphoric ester groups is 1. The number of alkyl carbamates (subject to hydrolysis) is 1. The van der Waals surface area contributed by atoms with E-state index < -0.39 is 48.7 Å². The van der Waals surface area contributed by atoms with Crippen molar-refractivity contribution in [1.29, 1.82) is 0 Å². The van der Waals surface area contributed by atoms with E-state index in [0.717, 1.165) is 9.87 Å². The van der Waals surface area contributed by atoms with Crippen molar-refractivity contribution in [3.8, 4) is 0 Å². The van der Waals surface area contributed by atoms with E-state index in [9.17, 15) is 32.4 Å². The number of anilines is 1. The number of hydrogen-bond donors (Lipinski definition) is 4. The quantitative estimate of drug-likeness (QED) is 0.137. The first-order chi connectivity index (χ1) is 20.1. The molecule has 2 aromatic rings. The molecule has 0 aromatic heterocycles. The summed E-state index contributed by atoms with van der Waals surface area (Å²) in [6.07, 6.45) is -2.14. The van der Waals surface area contributed by atoms with Gasteiger partial charge in [-0.15, -0.1) is 0 Å². The van der Waals surface area contributed by atoms with Gasteiger partial charge in [0.15, 0.2) is 0 Å². The Morgan fingerprint density at radius 3 is 2.18 bits per heavy atom. The summed E-state index contributed by atoms with van der Waals surface area (Å²) in [7, 11) is -9.26. The summed E-state index contributed by atoms with van der Waals surface area (Å²) in [4.78, 5) is 41.7. The number of carbonyl (C=O) groups is 2.